The second kappa shape index (κ2) is 9.36. The van der Waals surface area contributed by atoms with Gasteiger partial charge in [0, 0.05) is 18.2 Å². The van der Waals surface area contributed by atoms with E-state index in [0.717, 1.165) is 6.08 Å². The standard InChI is InChI=1S/C23H17NO7S/c1-2-3-22(25)31-23(26)18-8-14-21(15-9-18)32(29,30)20-12-6-17(7-13-20)16-4-10-19(11-5-16)24(27)28/h2-15H,1H3. The second-order valence-electron chi connectivity index (χ2n) is 6.56. The number of non-ortho nitro benzene ring substituents is 1. The van der Waals surface area contributed by atoms with Gasteiger partial charge in [0.1, 0.15) is 0 Å². The number of nitro groups is 1. The Balaban J connectivity index is 1.79. The van der Waals surface area contributed by atoms with Crippen molar-refractivity contribution >= 4 is 27.5 Å². The van der Waals surface area contributed by atoms with E-state index in [1.165, 1.54) is 54.6 Å². The number of esters is 2. The van der Waals surface area contributed by atoms with Crippen LogP contribution in [0.5, 0.6) is 0 Å². The van der Waals surface area contributed by atoms with Gasteiger partial charge in [0.15, 0.2) is 0 Å². The third kappa shape index (κ3) is 4.96. The Hall–Kier alpha value is -4.11. The number of ether oxygens (including phenoxy) is 1. The smallest absolute Gasteiger partial charge is 0.346 e. The largest absolute Gasteiger partial charge is 0.386 e. The van der Waals surface area contributed by atoms with E-state index in [1.807, 2.05) is 0 Å². The third-order valence-corrected chi connectivity index (χ3v) is 6.26. The minimum Gasteiger partial charge on any atom is -0.386 e. The molecule has 0 aliphatic rings. The lowest BCUT2D eigenvalue weighted by Gasteiger charge is -2.07. The molecule has 0 bridgehead atoms. The fourth-order valence-corrected chi connectivity index (χ4v) is 4.09. The molecule has 3 rings (SSSR count). The van der Waals surface area contributed by atoms with Gasteiger partial charge < -0.3 is 4.74 Å². The molecule has 0 amide bonds. The van der Waals surface area contributed by atoms with Crippen LogP contribution in [0.4, 0.5) is 5.69 Å². The zero-order valence-electron chi connectivity index (χ0n) is 16.8. The summed E-state index contributed by atoms with van der Waals surface area (Å²) in [5, 5.41) is 10.8. The summed E-state index contributed by atoms with van der Waals surface area (Å²) < 4.78 is 30.4. The summed E-state index contributed by atoms with van der Waals surface area (Å²) in [5.74, 6) is -1.70. The molecule has 0 saturated carbocycles. The van der Waals surface area contributed by atoms with Crippen LogP contribution in [0, 0.1) is 10.1 Å². The predicted octanol–water partition coefficient (Wildman–Crippen LogP) is 4.35. The van der Waals surface area contributed by atoms with E-state index in [0.29, 0.717) is 11.1 Å². The summed E-state index contributed by atoms with van der Waals surface area (Å²) >= 11 is 0. The lowest BCUT2D eigenvalue weighted by atomic mass is 10.1. The molecule has 0 radical (unpaired) electrons. The summed E-state index contributed by atoms with van der Waals surface area (Å²) in [4.78, 5) is 33.6. The Labute approximate surface area is 183 Å². The van der Waals surface area contributed by atoms with E-state index in [4.69, 9.17) is 0 Å². The van der Waals surface area contributed by atoms with Crippen LogP contribution in [0.2, 0.25) is 0 Å². The lowest BCUT2D eigenvalue weighted by molar-refractivity contribution is -0.384. The number of benzene rings is 3. The maximum atomic E-state index is 12.9. The van der Waals surface area contributed by atoms with Gasteiger partial charge in [0.25, 0.3) is 5.69 Å². The molecule has 0 unspecified atom stereocenters. The molecule has 0 fully saturated rings. The van der Waals surface area contributed by atoms with Gasteiger partial charge in [-0.1, -0.05) is 18.2 Å². The normalized spacial score (nSPS) is 11.3. The van der Waals surface area contributed by atoms with Crippen LogP contribution in [-0.4, -0.2) is 25.3 Å². The van der Waals surface area contributed by atoms with Gasteiger partial charge in [-0.2, -0.15) is 0 Å². The van der Waals surface area contributed by atoms with Crippen molar-refractivity contribution in [3.05, 3.63) is 101 Å². The van der Waals surface area contributed by atoms with Crippen LogP contribution >= 0.6 is 0 Å². The number of nitrogens with zero attached hydrogens (tertiary/aromatic N) is 1. The van der Waals surface area contributed by atoms with Gasteiger partial charge in [-0.05, 0) is 66.6 Å². The summed E-state index contributed by atoms with van der Waals surface area (Å²) in [6.45, 7) is 1.60. The van der Waals surface area contributed by atoms with Crippen LogP contribution in [0.15, 0.2) is 94.7 Å². The highest BCUT2D eigenvalue weighted by Crippen LogP contribution is 2.26. The fraction of sp³-hybridized carbons (Fsp3) is 0.0435. The lowest BCUT2D eigenvalue weighted by Crippen LogP contribution is -2.10. The first-order valence-corrected chi connectivity index (χ1v) is 10.8. The van der Waals surface area contributed by atoms with Gasteiger partial charge >= 0.3 is 11.9 Å². The van der Waals surface area contributed by atoms with Gasteiger partial charge in [0.05, 0.1) is 20.3 Å². The van der Waals surface area contributed by atoms with Gasteiger partial charge in [0.2, 0.25) is 9.84 Å². The number of sulfone groups is 1. The molecular formula is C23H17NO7S. The molecule has 0 atom stereocenters. The molecule has 3 aromatic carbocycles. The summed E-state index contributed by atoms with van der Waals surface area (Å²) in [7, 11) is -3.85. The number of carbonyl (C=O) groups excluding carboxylic acids is 2. The maximum Gasteiger partial charge on any atom is 0.346 e. The number of hydrogen-bond acceptors (Lipinski definition) is 7. The average molecular weight is 451 g/mol. The van der Waals surface area contributed by atoms with Crippen molar-refractivity contribution in [1.82, 2.24) is 0 Å². The monoisotopic (exact) mass is 451 g/mol. The number of hydrogen-bond donors (Lipinski definition) is 0. The SMILES string of the molecule is CC=CC(=O)OC(=O)c1ccc(S(=O)(=O)c2ccc(-c3ccc([N+](=O)[O-])cc3)cc2)cc1. The molecule has 32 heavy (non-hydrogen) atoms. The number of allylic oxidation sites excluding steroid dienone is 1. The summed E-state index contributed by atoms with van der Waals surface area (Å²) in [6.07, 6.45) is 2.52. The van der Waals surface area contributed by atoms with Crippen LogP contribution in [0.1, 0.15) is 17.3 Å². The highest BCUT2D eigenvalue weighted by molar-refractivity contribution is 7.91. The molecule has 0 N–H and O–H groups in total. The third-order valence-electron chi connectivity index (χ3n) is 4.47. The predicted molar refractivity (Wildman–Crippen MR) is 116 cm³/mol. The molecule has 0 aromatic heterocycles. The molecule has 9 heteroatoms. The molecule has 0 heterocycles. The van der Waals surface area contributed by atoms with Crippen molar-refractivity contribution < 1.29 is 27.7 Å². The van der Waals surface area contributed by atoms with Crippen molar-refractivity contribution in [1.29, 1.82) is 0 Å². The van der Waals surface area contributed by atoms with Crippen molar-refractivity contribution in [3.8, 4) is 11.1 Å². The Morgan fingerprint density at radius 1 is 0.844 bits per heavy atom. The Bertz CT molecular complexity index is 1290. The zero-order chi connectivity index (χ0) is 23.3. The number of carbonyl (C=O) groups is 2. The molecule has 0 aliphatic carbocycles. The van der Waals surface area contributed by atoms with Crippen LogP contribution in [0.25, 0.3) is 11.1 Å². The topological polar surface area (TPSA) is 121 Å². The van der Waals surface area contributed by atoms with Crippen molar-refractivity contribution in [3.63, 3.8) is 0 Å². The number of nitro benzene ring substituents is 1. The highest BCUT2D eigenvalue weighted by atomic mass is 32.2. The minimum atomic E-state index is -3.85. The van der Waals surface area contributed by atoms with E-state index in [1.54, 1.807) is 31.2 Å². The zero-order valence-corrected chi connectivity index (χ0v) is 17.6. The summed E-state index contributed by atoms with van der Waals surface area (Å²) in [5.41, 5.74) is 1.40. The van der Waals surface area contributed by atoms with Gasteiger partial charge in [-0.15, -0.1) is 0 Å². The van der Waals surface area contributed by atoms with Crippen LogP contribution in [0.3, 0.4) is 0 Å². The molecule has 3 aromatic rings. The summed E-state index contributed by atoms with van der Waals surface area (Å²) in [6, 6.07) is 17.0. The van der Waals surface area contributed by atoms with Crippen LogP contribution < -0.4 is 0 Å². The van der Waals surface area contributed by atoms with Gasteiger partial charge in [-0.25, -0.2) is 18.0 Å². The first kappa shape index (κ1) is 22.6. The Kier molecular flexibility index (Phi) is 6.60. The van der Waals surface area contributed by atoms with Crippen molar-refractivity contribution in [2.45, 2.75) is 16.7 Å². The molecule has 162 valence electrons. The minimum absolute atomic E-state index is 0.0306. The number of rotatable bonds is 6. The van der Waals surface area contributed by atoms with Gasteiger partial charge in [-0.3, -0.25) is 10.1 Å². The fourth-order valence-electron chi connectivity index (χ4n) is 2.83. The van der Waals surface area contributed by atoms with E-state index in [9.17, 15) is 28.1 Å². The Morgan fingerprint density at radius 3 is 1.78 bits per heavy atom. The molecule has 0 aliphatic heterocycles. The van der Waals surface area contributed by atoms with E-state index in [2.05, 4.69) is 4.74 Å². The quantitative estimate of drug-likeness (QED) is 0.179. The Morgan fingerprint density at radius 2 is 1.31 bits per heavy atom. The first-order chi connectivity index (χ1) is 15.2. The molecule has 0 spiro atoms. The van der Waals surface area contributed by atoms with E-state index < -0.39 is 26.7 Å². The molecular weight excluding hydrogens is 434 g/mol. The maximum absolute atomic E-state index is 12.9. The van der Waals surface area contributed by atoms with E-state index >= 15 is 0 Å². The van der Waals surface area contributed by atoms with Crippen molar-refractivity contribution in [2.24, 2.45) is 0 Å². The first-order valence-electron chi connectivity index (χ1n) is 9.31. The highest BCUT2D eigenvalue weighted by Gasteiger charge is 2.19. The average Bonchev–Trinajstić information content (AvgIpc) is 2.79. The van der Waals surface area contributed by atoms with Crippen molar-refractivity contribution in [2.75, 3.05) is 0 Å². The molecule has 0 saturated heterocycles. The van der Waals surface area contributed by atoms with E-state index in [-0.39, 0.29) is 21.0 Å². The molecule has 8 nitrogen and oxygen atoms in total. The van der Waals surface area contributed by atoms with Crippen LogP contribution in [-0.2, 0) is 19.4 Å². The second-order valence-corrected chi connectivity index (χ2v) is 8.51.